The molecule has 9 heteroatoms. The molecule has 1 aliphatic carbocycles. The molecule has 1 aromatic heterocycles. The van der Waals surface area contributed by atoms with Crippen molar-refractivity contribution in [3.05, 3.63) is 36.7 Å². The van der Waals surface area contributed by atoms with E-state index in [1.54, 1.807) is 24.4 Å². The van der Waals surface area contributed by atoms with Crippen molar-refractivity contribution in [2.75, 3.05) is 14.2 Å². The van der Waals surface area contributed by atoms with Gasteiger partial charge in [0.2, 0.25) is 10.0 Å². The first-order valence-corrected chi connectivity index (χ1v) is 10.2. The average Bonchev–Trinajstić information content (AvgIpc) is 2.70. The predicted octanol–water partition coefficient (Wildman–Crippen LogP) is 2.16. The number of nitrogens with zero attached hydrogens (tertiary/aromatic N) is 2. The second-order valence-electron chi connectivity index (χ2n) is 6.26. The van der Waals surface area contributed by atoms with Crippen LogP contribution in [-0.2, 0) is 10.0 Å². The van der Waals surface area contributed by atoms with Crippen LogP contribution in [0.4, 0.5) is 0 Å². The van der Waals surface area contributed by atoms with Gasteiger partial charge in [0.05, 0.1) is 19.1 Å². The molecular formula is C18H23N3O5S. The van der Waals surface area contributed by atoms with E-state index in [0.29, 0.717) is 43.2 Å². The average molecular weight is 393 g/mol. The van der Waals surface area contributed by atoms with Gasteiger partial charge in [-0.15, -0.1) is 0 Å². The molecule has 1 saturated carbocycles. The quantitative estimate of drug-likeness (QED) is 0.769. The van der Waals surface area contributed by atoms with E-state index in [9.17, 15) is 8.42 Å². The maximum Gasteiger partial charge on any atom is 0.278 e. The number of ether oxygens (including phenoxy) is 3. The minimum atomic E-state index is -3.59. The van der Waals surface area contributed by atoms with E-state index in [2.05, 4.69) is 14.7 Å². The summed E-state index contributed by atoms with van der Waals surface area (Å²) in [6.07, 6.45) is 5.82. The van der Waals surface area contributed by atoms with Gasteiger partial charge in [-0.3, -0.25) is 0 Å². The fraction of sp³-hybridized carbons (Fsp3) is 0.444. The first-order valence-electron chi connectivity index (χ1n) is 8.70. The topological polar surface area (TPSA) is 99.6 Å². The SMILES string of the molecule is COc1cccc(S(=O)(=O)NC2CCC(Oc3nccnc3OC)CC2)c1. The summed E-state index contributed by atoms with van der Waals surface area (Å²) >= 11 is 0. The van der Waals surface area contributed by atoms with Crippen molar-refractivity contribution < 1.29 is 22.6 Å². The fourth-order valence-corrected chi connectivity index (χ4v) is 4.39. The molecule has 8 nitrogen and oxygen atoms in total. The minimum absolute atomic E-state index is 0.0480. The van der Waals surface area contributed by atoms with Crippen LogP contribution in [0.1, 0.15) is 25.7 Å². The second-order valence-corrected chi connectivity index (χ2v) is 7.98. The zero-order valence-electron chi connectivity index (χ0n) is 15.3. The smallest absolute Gasteiger partial charge is 0.278 e. The third kappa shape index (κ3) is 4.86. The lowest BCUT2D eigenvalue weighted by Gasteiger charge is -2.29. The first-order chi connectivity index (χ1) is 13.0. The molecule has 1 aromatic carbocycles. The molecule has 0 aliphatic heterocycles. The lowest BCUT2D eigenvalue weighted by atomic mass is 9.94. The summed E-state index contributed by atoms with van der Waals surface area (Å²) in [7, 11) is -0.571. The molecule has 0 saturated heterocycles. The van der Waals surface area contributed by atoms with Crippen LogP contribution in [0.3, 0.4) is 0 Å². The molecule has 1 aliphatic rings. The lowest BCUT2D eigenvalue weighted by Crippen LogP contribution is -2.39. The molecule has 2 aromatic rings. The maximum absolute atomic E-state index is 12.6. The number of rotatable bonds is 7. The summed E-state index contributed by atoms with van der Waals surface area (Å²) in [5.41, 5.74) is 0. The normalized spacial score (nSPS) is 20.1. The van der Waals surface area contributed by atoms with E-state index >= 15 is 0 Å². The number of methoxy groups -OCH3 is 2. The fourth-order valence-electron chi connectivity index (χ4n) is 3.05. The number of hydrogen-bond donors (Lipinski definition) is 1. The zero-order chi connectivity index (χ0) is 19.3. The van der Waals surface area contributed by atoms with Crippen molar-refractivity contribution in [1.29, 1.82) is 0 Å². The number of sulfonamides is 1. The number of benzene rings is 1. The standard InChI is InChI=1S/C18H23N3O5S/c1-24-15-4-3-5-16(12-15)27(22,23)21-13-6-8-14(9-7-13)26-18-17(25-2)19-10-11-20-18/h3-5,10-14,21H,6-9H2,1-2H3. The van der Waals surface area contributed by atoms with E-state index < -0.39 is 10.0 Å². The molecule has 27 heavy (non-hydrogen) atoms. The Hall–Kier alpha value is -2.39. The van der Waals surface area contributed by atoms with Crippen LogP contribution in [0.15, 0.2) is 41.6 Å². The van der Waals surface area contributed by atoms with Crippen molar-refractivity contribution in [1.82, 2.24) is 14.7 Å². The third-order valence-electron chi connectivity index (χ3n) is 4.45. The molecule has 3 rings (SSSR count). The molecule has 0 unspecified atom stereocenters. The second kappa shape index (κ2) is 8.53. The largest absolute Gasteiger partial charge is 0.497 e. The van der Waals surface area contributed by atoms with Crippen LogP contribution in [-0.4, -0.2) is 44.8 Å². The van der Waals surface area contributed by atoms with Gasteiger partial charge in [0.1, 0.15) is 11.9 Å². The van der Waals surface area contributed by atoms with E-state index in [-0.39, 0.29) is 17.0 Å². The molecule has 1 fully saturated rings. The Bertz CT molecular complexity index is 867. The summed E-state index contributed by atoms with van der Waals surface area (Å²) in [6.45, 7) is 0. The van der Waals surface area contributed by atoms with Crippen molar-refractivity contribution >= 4 is 10.0 Å². The van der Waals surface area contributed by atoms with Gasteiger partial charge in [-0.1, -0.05) is 6.07 Å². The van der Waals surface area contributed by atoms with E-state index in [0.717, 1.165) is 0 Å². The highest BCUT2D eigenvalue weighted by Gasteiger charge is 2.27. The van der Waals surface area contributed by atoms with Crippen LogP contribution in [0.2, 0.25) is 0 Å². The Morgan fingerprint density at radius 2 is 1.70 bits per heavy atom. The van der Waals surface area contributed by atoms with Gasteiger partial charge in [0.15, 0.2) is 0 Å². The summed E-state index contributed by atoms with van der Waals surface area (Å²) in [5.74, 6) is 1.21. The van der Waals surface area contributed by atoms with Crippen molar-refractivity contribution in [3.8, 4) is 17.5 Å². The van der Waals surface area contributed by atoms with E-state index in [1.165, 1.54) is 26.5 Å². The molecule has 0 spiro atoms. The van der Waals surface area contributed by atoms with E-state index in [4.69, 9.17) is 14.2 Å². The summed E-state index contributed by atoms with van der Waals surface area (Å²) in [6, 6.07) is 6.30. The highest BCUT2D eigenvalue weighted by molar-refractivity contribution is 7.89. The maximum atomic E-state index is 12.6. The molecule has 0 radical (unpaired) electrons. The van der Waals surface area contributed by atoms with Gasteiger partial charge < -0.3 is 14.2 Å². The van der Waals surface area contributed by atoms with Gasteiger partial charge in [0, 0.05) is 24.5 Å². The number of aromatic nitrogens is 2. The summed E-state index contributed by atoms with van der Waals surface area (Å²) in [5, 5.41) is 0. The summed E-state index contributed by atoms with van der Waals surface area (Å²) < 4.78 is 44.1. The van der Waals surface area contributed by atoms with Crippen LogP contribution < -0.4 is 18.9 Å². The van der Waals surface area contributed by atoms with E-state index in [1.807, 2.05) is 0 Å². The molecule has 0 atom stereocenters. The zero-order valence-corrected chi connectivity index (χ0v) is 16.1. The van der Waals surface area contributed by atoms with Crippen molar-refractivity contribution in [2.45, 2.75) is 42.7 Å². The Morgan fingerprint density at radius 1 is 1.00 bits per heavy atom. The van der Waals surface area contributed by atoms with Crippen LogP contribution >= 0.6 is 0 Å². The molecule has 1 N–H and O–H groups in total. The lowest BCUT2D eigenvalue weighted by molar-refractivity contribution is 0.132. The predicted molar refractivity (Wildman–Crippen MR) is 98.6 cm³/mol. The van der Waals surface area contributed by atoms with Gasteiger partial charge in [-0.05, 0) is 37.8 Å². The highest BCUT2D eigenvalue weighted by Crippen LogP contribution is 2.28. The minimum Gasteiger partial charge on any atom is -0.497 e. The Kier molecular flexibility index (Phi) is 6.12. The van der Waals surface area contributed by atoms with Crippen molar-refractivity contribution in [2.24, 2.45) is 0 Å². The Labute approximate surface area is 158 Å². The first kappa shape index (κ1) is 19.4. The van der Waals surface area contributed by atoms with Crippen LogP contribution in [0, 0.1) is 0 Å². The summed E-state index contributed by atoms with van der Waals surface area (Å²) in [4.78, 5) is 8.41. The van der Waals surface area contributed by atoms with Gasteiger partial charge in [-0.25, -0.2) is 23.1 Å². The Morgan fingerprint density at radius 3 is 2.37 bits per heavy atom. The van der Waals surface area contributed by atoms with Gasteiger partial charge in [0.25, 0.3) is 11.8 Å². The van der Waals surface area contributed by atoms with Crippen LogP contribution in [0.5, 0.6) is 17.5 Å². The van der Waals surface area contributed by atoms with Gasteiger partial charge >= 0.3 is 0 Å². The molecule has 1 heterocycles. The number of nitrogens with one attached hydrogen (secondary N) is 1. The van der Waals surface area contributed by atoms with Crippen molar-refractivity contribution in [3.63, 3.8) is 0 Å². The molecular weight excluding hydrogens is 370 g/mol. The Balaban J connectivity index is 1.57. The number of hydrogen-bond acceptors (Lipinski definition) is 7. The third-order valence-corrected chi connectivity index (χ3v) is 5.97. The van der Waals surface area contributed by atoms with Gasteiger partial charge in [-0.2, -0.15) is 0 Å². The molecule has 0 bridgehead atoms. The molecule has 0 amide bonds. The molecule has 146 valence electrons. The van der Waals surface area contributed by atoms with Crippen LogP contribution in [0.25, 0.3) is 0 Å². The highest BCUT2D eigenvalue weighted by atomic mass is 32.2. The monoisotopic (exact) mass is 393 g/mol.